The molecule has 0 atom stereocenters. The minimum atomic E-state index is -0.346. The third-order valence-electron chi connectivity index (χ3n) is 5.43. The van der Waals surface area contributed by atoms with Crippen molar-refractivity contribution < 1.29 is 14.3 Å². The molecular weight excluding hydrogens is 450 g/mol. The number of piperazine rings is 1. The third-order valence-corrected chi connectivity index (χ3v) is 6.92. The molecular formula is C21H23N5O4S2. The summed E-state index contributed by atoms with van der Waals surface area (Å²) in [6, 6.07) is 3.69. The number of likely N-dealkylation sites (N-methyl/N-ethyl adjacent to an activating group) is 1. The van der Waals surface area contributed by atoms with E-state index in [4.69, 9.17) is 21.9 Å². The van der Waals surface area contributed by atoms with Crippen molar-refractivity contribution in [3.05, 3.63) is 44.7 Å². The first-order chi connectivity index (χ1) is 15.3. The molecule has 9 nitrogen and oxygen atoms in total. The van der Waals surface area contributed by atoms with Crippen LogP contribution in [-0.4, -0.2) is 75.3 Å². The number of carbonyl (C=O) groups excluding carboxylic acids is 2. The first kappa shape index (κ1) is 22.3. The van der Waals surface area contributed by atoms with E-state index < -0.39 is 0 Å². The van der Waals surface area contributed by atoms with E-state index in [0.717, 1.165) is 17.3 Å². The highest BCUT2D eigenvalue weighted by Crippen LogP contribution is 2.32. The lowest BCUT2D eigenvalue weighted by atomic mass is 10.2. The van der Waals surface area contributed by atoms with Gasteiger partial charge in [0.25, 0.3) is 11.5 Å². The van der Waals surface area contributed by atoms with E-state index in [0.29, 0.717) is 59.0 Å². The van der Waals surface area contributed by atoms with Gasteiger partial charge in [0.05, 0.1) is 17.1 Å². The summed E-state index contributed by atoms with van der Waals surface area (Å²) in [5.74, 6) is 0.251. The van der Waals surface area contributed by atoms with E-state index in [2.05, 4.69) is 0 Å². The fourth-order valence-electron chi connectivity index (χ4n) is 3.66. The Morgan fingerprint density at radius 3 is 2.62 bits per heavy atom. The first-order valence-electron chi connectivity index (χ1n) is 10.2. The molecule has 2 amide bonds. The number of aryl methyl sites for hydroxylation is 1. The van der Waals surface area contributed by atoms with Crippen LogP contribution in [0.5, 0.6) is 0 Å². The van der Waals surface area contributed by atoms with Crippen LogP contribution in [0.1, 0.15) is 18.1 Å². The highest BCUT2D eigenvalue weighted by molar-refractivity contribution is 8.26. The maximum absolute atomic E-state index is 13.5. The van der Waals surface area contributed by atoms with Gasteiger partial charge in [-0.1, -0.05) is 30.0 Å². The zero-order chi connectivity index (χ0) is 23.0. The molecule has 0 aliphatic carbocycles. The molecule has 168 valence electrons. The van der Waals surface area contributed by atoms with Crippen molar-refractivity contribution >= 4 is 57.8 Å². The van der Waals surface area contributed by atoms with Gasteiger partial charge in [0.2, 0.25) is 0 Å². The third kappa shape index (κ3) is 3.97. The topological polar surface area (TPSA) is 87.5 Å². The van der Waals surface area contributed by atoms with Crippen molar-refractivity contribution in [1.29, 1.82) is 0 Å². The second-order valence-corrected chi connectivity index (χ2v) is 9.13. The van der Waals surface area contributed by atoms with Crippen molar-refractivity contribution in [3.63, 3.8) is 0 Å². The number of aromatic nitrogens is 2. The Labute approximate surface area is 194 Å². The number of hydrogen-bond donors (Lipinski definition) is 0. The summed E-state index contributed by atoms with van der Waals surface area (Å²) in [4.78, 5) is 48.3. The van der Waals surface area contributed by atoms with Crippen LogP contribution in [0, 0.1) is 6.92 Å². The molecule has 32 heavy (non-hydrogen) atoms. The molecule has 2 fully saturated rings. The number of fused-ring (bicyclic) bond motifs is 1. The standard InChI is InChI=1S/C21H23N5O4S2/c1-4-30-20(29)25-10-8-24(9-11-25)17-14(12-15-19(28)23(3)21(31)32-15)18(27)26-7-5-6-13(2)16(26)22-17/h5-7,12H,4,8-11H2,1-3H3/b15-12+. The smallest absolute Gasteiger partial charge is 0.409 e. The molecule has 0 aromatic carbocycles. The van der Waals surface area contributed by atoms with Crippen molar-refractivity contribution in [2.75, 3.05) is 44.7 Å². The number of pyridine rings is 1. The number of amides is 2. The van der Waals surface area contributed by atoms with E-state index in [9.17, 15) is 14.4 Å². The van der Waals surface area contributed by atoms with Crippen LogP contribution < -0.4 is 10.5 Å². The summed E-state index contributed by atoms with van der Waals surface area (Å²) < 4.78 is 7.02. The zero-order valence-electron chi connectivity index (χ0n) is 18.0. The van der Waals surface area contributed by atoms with Crippen LogP contribution in [0.15, 0.2) is 28.0 Å². The van der Waals surface area contributed by atoms with Crippen molar-refractivity contribution in [2.45, 2.75) is 13.8 Å². The quantitative estimate of drug-likeness (QED) is 0.495. The SMILES string of the molecule is CCOC(=O)N1CCN(c2nc3c(C)cccn3c(=O)c2/C=C2/SC(=S)N(C)C2=O)CC1. The summed E-state index contributed by atoms with van der Waals surface area (Å²) in [5.41, 5.74) is 1.48. The van der Waals surface area contributed by atoms with Crippen LogP contribution >= 0.6 is 24.0 Å². The van der Waals surface area contributed by atoms with Crippen LogP contribution in [-0.2, 0) is 9.53 Å². The predicted molar refractivity (Wildman–Crippen MR) is 128 cm³/mol. The zero-order valence-corrected chi connectivity index (χ0v) is 19.7. The fourth-order valence-corrected chi connectivity index (χ4v) is 4.82. The number of rotatable bonds is 3. The van der Waals surface area contributed by atoms with Crippen LogP contribution in [0.2, 0.25) is 0 Å². The Hall–Kier alpha value is -2.92. The van der Waals surface area contributed by atoms with E-state index in [1.807, 2.05) is 17.9 Å². The molecule has 2 aliphatic heterocycles. The van der Waals surface area contributed by atoms with Gasteiger partial charge in [-0.25, -0.2) is 9.78 Å². The molecule has 0 spiro atoms. The molecule has 2 aromatic heterocycles. The molecule has 2 aromatic rings. The largest absolute Gasteiger partial charge is 0.450 e. The fraction of sp³-hybridized carbons (Fsp3) is 0.381. The molecule has 0 N–H and O–H groups in total. The van der Waals surface area contributed by atoms with Gasteiger partial charge in [-0.15, -0.1) is 0 Å². The van der Waals surface area contributed by atoms with E-state index >= 15 is 0 Å². The normalized spacial score (nSPS) is 18.2. The Morgan fingerprint density at radius 1 is 1.28 bits per heavy atom. The summed E-state index contributed by atoms with van der Waals surface area (Å²) in [6.07, 6.45) is 2.91. The van der Waals surface area contributed by atoms with Crippen molar-refractivity contribution in [1.82, 2.24) is 19.2 Å². The number of carbonyl (C=O) groups is 2. The van der Waals surface area contributed by atoms with Crippen LogP contribution in [0.4, 0.5) is 10.6 Å². The van der Waals surface area contributed by atoms with Crippen molar-refractivity contribution in [2.24, 2.45) is 0 Å². The van der Waals surface area contributed by atoms with Gasteiger partial charge in [0, 0.05) is 39.4 Å². The first-order valence-corrected chi connectivity index (χ1v) is 11.4. The van der Waals surface area contributed by atoms with Crippen molar-refractivity contribution in [3.8, 4) is 0 Å². The van der Waals surface area contributed by atoms with Gasteiger partial charge >= 0.3 is 6.09 Å². The highest BCUT2D eigenvalue weighted by atomic mass is 32.2. The molecule has 4 heterocycles. The molecule has 0 bridgehead atoms. The second kappa shape index (κ2) is 8.91. The van der Waals surface area contributed by atoms with Gasteiger partial charge in [-0.3, -0.25) is 18.9 Å². The Balaban J connectivity index is 1.78. The Bertz CT molecular complexity index is 1200. The number of ether oxygens (including phenoxy) is 1. The summed E-state index contributed by atoms with van der Waals surface area (Å²) >= 11 is 6.39. The van der Waals surface area contributed by atoms with Crippen LogP contribution in [0.25, 0.3) is 11.7 Å². The highest BCUT2D eigenvalue weighted by Gasteiger charge is 2.31. The number of nitrogens with zero attached hydrogens (tertiary/aromatic N) is 5. The number of thioether (sulfide) groups is 1. The summed E-state index contributed by atoms with van der Waals surface area (Å²) in [7, 11) is 1.61. The van der Waals surface area contributed by atoms with E-state index in [1.165, 1.54) is 9.30 Å². The second-order valence-electron chi connectivity index (χ2n) is 7.45. The number of hydrogen-bond acceptors (Lipinski definition) is 8. The van der Waals surface area contributed by atoms with Gasteiger partial charge < -0.3 is 14.5 Å². The molecule has 0 saturated carbocycles. The average molecular weight is 474 g/mol. The molecule has 2 aliphatic rings. The lowest BCUT2D eigenvalue weighted by Gasteiger charge is -2.35. The Morgan fingerprint density at radius 2 is 2.00 bits per heavy atom. The maximum atomic E-state index is 13.5. The van der Waals surface area contributed by atoms with Crippen LogP contribution in [0.3, 0.4) is 0 Å². The van der Waals surface area contributed by atoms with E-state index in [1.54, 1.807) is 37.2 Å². The van der Waals surface area contributed by atoms with Gasteiger partial charge in [-0.2, -0.15) is 0 Å². The van der Waals surface area contributed by atoms with E-state index in [-0.39, 0.29) is 17.6 Å². The minimum Gasteiger partial charge on any atom is -0.450 e. The summed E-state index contributed by atoms with van der Waals surface area (Å²) in [5, 5.41) is 0. The molecule has 0 unspecified atom stereocenters. The molecule has 2 saturated heterocycles. The minimum absolute atomic E-state index is 0.244. The molecule has 0 radical (unpaired) electrons. The van der Waals surface area contributed by atoms with Gasteiger partial charge in [0.15, 0.2) is 0 Å². The molecule has 4 rings (SSSR count). The Kier molecular flexibility index (Phi) is 6.20. The maximum Gasteiger partial charge on any atom is 0.409 e. The average Bonchev–Trinajstić information content (AvgIpc) is 3.03. The van der Waals surface area contributed by atoms with Gasteiger partial charge in [0.1, 0.15) is 15.8 Å². The molecule has 11 heteroatoms. The van der Waals surface area contributed by atoms with Gasteiger partial charge in [-0.05, 0) is 31.6 Å². The predicted octanol–water partition coefficient (Wildman–Crippen LogP) is 2.11. The lowest BCUT2D eigenvalue weighted by molar-refractivity contribution is -0.121. The lowest BCUT2D eigenvalue weighted by Crippen LogP contribution is -2.49. The summed E-state index contributed by atoms with van der Waals surface area (Å²) in [6.45, 7) is 5.86. The number of anilines is 1. The number of thiocarbonyl (C=S) groups is 1. The monoisotopic (exact) mass is 473 g/mol.